The van der Waals surface area contributed by atoms with Crippen LogP contribution in [0.2, 0.25) is 0 Å². The third kappa shape index (κ3) is 4.08. The average Bonchev–Trinajstić information content (AvgIpc) is 3.27. The molecule has 1 aromatic rings. The maximum Gasteiger partial charge on any atom is 0.338 e. The second kappa shape index (κ2) is 7.99. The van der Waals surface area contributed by atoms with Crippen LogP contribution in [0.4, 0.5) is 5.69 Å². The van der Waals surface area contributed by atoms with Crippen LogP contribution in [0.3, 0.4) is 0 Å². The topological polar surface area (TPSA) is 67.4 Å². The number of piperidine rings is 1. The lowest BCUT2D eigenvalue weighted by Crippen LogP contribution is -2.31. The van der Waals surface area contributed by atoms with Gasteiger partial charge in [0.25, 0.3) is 0 Å². The van der Waals surface area contributed by atoms with E-state index in [0.717, 1.165) is 44.5 Å². The Morgan fingerprint density at radius 3 is 2.54 bits per heavy atom. The van der Waals surface area contributed by atoms with Gasteiger partial charge in [-0.05, 0) is 68.5 Å². The Morgan fingerprint density at radius 2 is 1.92 bits per heavy atom. The van der Waals surface area contributed by atoms with Gasteiger partial charge in [0.2, 0.25) is 5.91 Å². The second-order valence-corrected chi connectivity index (χ2v) is 6.57. The number of esters is 1. The van der Waals surface area contributed by atoms with Crippen molar-refractivity contribution in [1.82, 2.24) is 5.32 Å². The molecule has 0 radical (unpaired) electrons. The average molecular weight is 353 g/mol. The number of carbonyl (C=O) groups is 2. The van der Waals surface area contributed by atoms with E-state index in [1.807, 2.05) is 6.92 Å². The molecule has 0 aromatic heterocycles. The number of carbonyl (C=O) groups excluding carboxylic acids is 2. The number of hydrogen-bond donors (Lipinski definition) is 2. The van der Waals surface area contributed by atoms with Crippen LogP contribution in [0.1, 0.15) is 43.0 Å². The lowest BCUT2D eigenvalue weighted by atomic mass is 9.92. The normalized spacial score (nSPS) is 20.8. The molecule has 1 aliphatic heterocycles. The van der Waals surface area contributed by atoms with Gasteiger partial charge in [-0.2, -0.15) is 0 Å². The van der Waals surface area contributed by atoms with E-state index in [2.05, 4.69) is 10.6 Å². The van der Waals surface area contributed by atoms with Gasteiger partial charge in [-0.25, -0.2) is 4.79 Å². The zero-order valence-corrected chi connectivity index (χ0v) is 14.8. The fourth-order valence-corrected chi connectivity index (χ4v) is 3.39. The Morgan fingerprint density at radius 1 is 1.25 bits per heavy atom. The minimum absolute atomic E-state index is 0. The van der Waals surface area contributed by atoms with Crippen molar-refractivity contribution in [2.45, 2.75) is 32.6 Å². The fraction of sp³-hybridized carbons (Fsp3) is 0.556. The molecule has 24 heavy (non-hydrogen) atoms. The van der Waals surface area contributed by atoms with Crippen molar-refractivity contribution in [3.05, 3.63) is 29.8 Å². The molecule has 1 saturated carbocycles. The molecule has 6 heteroatoms. The van der Waals surface area contributed by atoms with Crippen LogP contribution in [-0.4, -0.2) is 31.6 Å². The zero-order valence-electron chi connectivity index (χ0n) is 14.0. The van der Waals surface area contributed by atoms with Crippen LogP contribution in [0.5, 0.6) is 0 Å². The molecule has 2 N–H and O–H groups in total. The molecule has 1 aliphatic carbocycles. The van der Waals surface area contributed by atoms with E-state index in [0.29, 0.717) is 12.2 Å². The summed E-state index contributed by atoms with van der Waals surface area (Å²) in [4.78, 5) is 24.1. The number of ether oxygens (including phenoxy) is 1. The van der Waals surface area contributed by atoms with Crippen molar-refractivity contribution in [2.75, 3.05) is 25.0 Å². The highest BCUT2D eigenvalue weighted by atomic mass is 35.5. The first-order chi connectivity index (χ1) is 11.1. The zero-order chi connectivity index (χ0) is 16.3. The summed E-state index contributed by atoms with van der Waals surface area (Å²) in [5.41, 5.74) is 1.48. The first-order valence-corrected chi connectivity index (χ1v) is 8.43. The van der Waals surface area contributed by atoms with Crippen LogP contribution in [-0.2, 0) is 9.53 Å². The Bertz CT molecular complexity index is 582. The predicted octanol–water partition coefficient (Wildman–Crippen LogP) is 3.00. The third-order valence-corrected chi connectivity index (χ3v) is 4.93. The van der Waals surface area contributed by atoms with Gasteiger partial charge in [-0.15, -0.1) is 12.4 Å². The van der Waals surface area contributed by atoms with E-state index in [9.17, 15) is 9.59 Å². The lowest BCUT2D eigenvalue weighted by molar-refractivity contribution is -0.118. The summed E-state index contributed by atoms with van der Waals surface area (Å²) in [6, 6.07) is 6.91. The van der Waals surface area contributed by atoms with E-state index in [4.69, 9.17) is 4.74 Å². The molecule has 1 heterocycles. The Labute approximate surface area is 148 Å². The SMILES string of the molecule is CCCOC(=O)c1ccc(NC(=O)C2CC23CCNCC3)cc1.Cl. The van der Waals surface area contributed by atoms with Gasteiger partial charge in [0, 0.05) is 11.6 Å². The van der Waals surface area contributed by atoms with Gasteiger partial charge in [0.1, 0.15) is 0 Å². The Balaban J connectivity index is 0.00000208. The first kappa shape index (κ1) is 18.7. The van der Waals surface area contributed by atoms with Crippen LogP contribution in [0.25, 0.3) is 0 Å². The monoisotopic (exact) mass is 352 g/mol. The highest BCUT2D eigenvalue weighted by molar-refractivity contribution is 5.96. The van der Waals surface area contributed by atoms with Gasteiger partial charge >= 0.3 is 5.97 Å². The highest BCUT2D eigenvalue weighted by Crippen LogP contribution is 2.58. The van der Waals surface area contributed by atoms with Crippen LogP contribution in [0, 0.1) is 11.3 Å². The largest absolute Gasteiger partial charge is 0.462 e. The van der Waals surface area contributed by atoms with Crippen LogP contribution < -0.4 is 10.6 Å². The van der Waals surface area contributed by atoms with Crippen LogP contribution >= 0.6 is 12.4 Å². The van der Waals surface area contributed by atoms with E-state index in [1.165, 1.54) is 0 Å². The van der Waals surface area contributed by atoms with Crippen molar-refractivity contribution >= 4 is 30.0 Å². The summed E-state index contributed by atoms with van der Waals surface area (Å²) in [5.74, 6) is -0.0763. The highest BCUT2D eigenvalue weighted by Gasteiger charge is 2.57. The summed E-state index contributed by atoms with van der Waals surface area (Å²) in [6.07, 6.45) is 3.99. The van der Waals surface area contributed by atoms with E-state index >= 15 is 0 Å². The quantitative estimate of drug-likeness (QED) is 0.799. The van der Waals surface area contributed by atoms with Crippen molar-refractivity contribution in [1.29, 1.82) is 0 Å². The molecule has 1 amide bonds. The molecule has 0 bridgehead atoms. The number of rotatable bonds is 5. The molecule has 2 fully saturated rings. The molecule has 5 nitrogen and oxygen atoms in total. The third-order valence-electron chi connectivity index (χ3n) is 4.93. The standard InChI is InChI=1S/C18H24N2O3.ClH/c1-2-11-23-17(22)13-3-5-14(6-4-13)20-16(21)15-12-18(15)7-9-19-10-8-18;/h3-6,15,19H,2,7-12H2,1H3,(H,20,21);1H. The van der Waals surface area contributed by atoms with Gasteiger partial charge in [-0.3, -0.25) is 4.79 Å². The first-order valence-electron chi connectivity index (χ1n) is 8.43. The van der Waals surface area contributed by atoms with Gasteiger partial charge in [0.15, 0.2) is 0 Å². The maximum atomic E-state index is 12.4. The number of hydrogen-bond acceptors (Lipinski definition) is 4. The molecule has 1 spiro atoms. The van der Waals surface area contributed by atoms with Gasteiger partial charge in [0.05, 0.1) is 12.2 Å². The molecule has 1 atom stereocenters. The smallest absolute Gasteiger partial charge is 0.338 e. The summed E-state index contributed by atoms with van der Waals surface area (Å²) in [5, 5.41) is 6.32. The summed E-state index contributed by atoms with van der Waals surface area (Å²) in [7, 11) is 0. The molecule has 1 saturated heterocycles. The summed E-state index contributed by atoms with van der Waals surface area (Å²) < 4.78 is 5.09. The fourth-order valence-electron chi connectivity index (χ4n) is 3.39. The van der Waals surface area contributed by atoms with Crippen molar-refractivity contribution < 1.29 is 14.3 Å². The molecule has 132 valence electrons. The minimum atomic E-state index is -0.319. The molecule has 1 unspecified atom stereocenters. The predicted molar refractivity (Wildman–Crippen MR) is 95.5 cm³/mol. The van der Waals surface area contributed by atoms with Crippen LogP contribution in [0.15, 0.2) is 24.3 Å². The number of amides is 1. The second-order valence-electron chi connectivity index (χ2n) is 6.57. The Hall–Kier alpha value is -1.59. The summed E-state index contributed by atoms with van der Waals surface area (Å²) in [6.45, 7) is 4.41. The maximum absolute atomic E-state index is 12.4. The Kier molecular flexibility index (Phi) is 6.24. The van der Waals surface area contributed by atoms with Crippen molar-refractivity contribution in [3.63, 3.8) is 0 Å². The minimum Gasteiger partial charge on any atom is -0.462 e. The molecular weight excluding hydrogens is 328 g/mol. The summed E-state index contributed by atoms with van der Waals surface area (Å²) >= 11 is 0. The molecule has 3 rings (SSSR count). The molecular formula is C18H25ClN2O3. The van der Waals surface area contributed by atoms with E-state index in [1.54, 1.807) is 24.3 Å². The number of halogens is 1. The van der Waals surface area contributed by atoms with E-state index in [-0.39, 0.29) is 35.6 Å². The number of anilines is 1. The molecule has 2 aliphatic rings. The van der Waals surface area contributed by atoms with E-state index < -0.39 is 0 Å². The van der Waals surface area contributed by atoms with Crippen molar-refractivity contribution in [2.24, 2.45) is 11.3 Å². The number of nitrogens with one attached hydrogen (secondary N) is 2. The van der Waals surface area contributed by atoms with Crippen molar-refractivity contribution in [3.8, 4) is 0 Å². The molecule has 1 aromatic carbocycles. The van der Waals surface area contributed by atoms with Gasteiger partial charge < -0.3 is 15.4 Å². The lowest BCUT2D eigenvalue weighted by Gasteiger charge is -2.23. The number of benzene rings is 1. The van der Waals surface area contributed by atoms with Gasteiger partial charge in [-0.1, -0.05) is 6.92 Å².